The molecule has 0 aliphatic rings. The molecule has 0 N–H and O–H groups in total. The normalized spacial score (nSPS) is 11.7. The van der Waals surface area contributed by atoms with Crippen LogP contribution in [0.2, 0.25) is 0 Å². The Bertz CT molecular complexity index is 2880. The van der Waals surface area contributed by atoms with Crippen molar-refractivity contribution in [3.63, 3.8) is 0 Å². The number of rotatable bonds is 3. The summed E-state index contributed by atoms with van der Waals surface area (Å²) in [6.45, 7) is 0. The molecule has 10 rings (SSSR count). The highest BCUT2D eigenvalue weighted by Crippen LogP contribution is 2.45. The van der Waals surface area contributed by atoms with Crippen molar-refractivity contribution in [2.45, 2.75) is 0 Å². The van der Waals surface area contributed by atoms with Gasteiger partial charge in [0.1, 0.15) is 17.2 Å². The van der Waals surface area contributed by atoms with Gasteiger partial charge in [-0.3, -0.25) is 0 Å². The van der Waals surface area contributed by atoms with E-state index in [0.29, 0.717) is 5.56 Å². The number of fused-ring (bicyclic) bond motifs is 7. The quantitative estimate of drug-likeness (QED) is 0.184. The number of nitriles is 1. The Morgan fingerprint density at radius 2 is 0.755 bits per heavy atom. The zero-order valence-electron chi connectivity index (χ0n) is 26.4. The van der Waals surface area contributed by atoms with Crippen molar-refractivity contribution in [3.8, 4) is 39.4 Å². The molecule has 0 atom stereocenters. The molecule has 0 saturated carbocycles. The zero-order chi connectivity index (χ0) is 32.5. The lowest BCUT2D eigenvalue weighted by atomic mass is 9.86. The summed E-state index contributed by atoms with van der Waals surface area (Å²) in [6, 6.07) is 60.3. The van der Waals surface area contributed by atoms with E-state index in [1.165, 1.54) is 38.2 Å². The lowest BCUT2D eigenvalue weighted by molar-refractivity contribution is 0.669. The number of furan rings is 1. The monoisotopic (exact) mass is 621 g/mol. The van der Waals surface area contributed by atoms with Gasteiger partial charge in [0.2, 0.25) is 0 Å². The second-order valence-corrected chi connectivity index (χ2v) is 12.7. The van der Waals surface area contributed by atoms with Gasteiger partial charge in [-0.1, -0.05) is 140 Å². The Morgan fingerprint density at radius 3 is 1.29 bits per heavy atom. The fraction of sp³-hybridized carbons (Fsp3) is 0. The minimum Gasteiger partial charge on any atom is -0.456 e. The van der Waals surface area contributed by atoms with Crippen LogP contribution in [0, 0.1) is 11.3 Å². The average Bonchev–Trinajstić information content (AvgIpc) is 3.53. The molecule has 0 bridgehead atoms. The first-order valence-corrected chi connectivity index (χ1v) is 16.6. The minimum atomic E-state index is 0.717. The molecule has 226 valence electrons. The van der Waals surface area contributed by atoms with Crippen LogP contribution in [0.25, 0.3) is 98.4 Å². The molecule has 1 heterocycles. The smallest absolute Gasteiger partial charge is 0.136 e. The Morgan fingerprint density at radius 1 is 0.327 bits per heavy atom. The van der Waals surface area contributed by atoms with Crippen molar-refractivity contribution >= 4 is 65.0 Å². The summed E-state index contributed by atoms with van der Waals surface area (Å²) in [5.41, 5.74) is 9.48. The van der Waals surface area contributed by atoms with Crippen LogP contribution in [-0.4, -0.2) is 0 Å². The SMILES string of the molecule is N#Cc1c2ccccc2c(-c2ccc3oc4cc(-c5c6ccccc6c(-c6ccccc6)c6ccccc56)ccc4c3c2)c2ccccc12. The van der Waals surface area contributed by atoms with Crippen LogP contribution in [0.3, 0.4) is 0 Å². The van der Waals surface area contributed by atoms with Crippen molar-refractivity contribution in [2.75, 3.05) is 0 Å². The van der Waals surface area contributed by atoms with Gasteiger partial charge >= 0.3 is 0 Å². The summed E-state index contributed by atoms with van der Waals surface area (Å²) in [4.78, 5) is 0. The van der Waals surface area contributed by atoms with Crippen molar-refractivity contribution in [3.05, 3.63) is 169 Å². The van der Waals surface area contributed by atoms with E-state index in [-0.39, 0.29) is 0 Å². The van der Waals surface area contributed by atoms with E-state index in [2.05, 4.69) is 158 Å². The lowest BCUT2D eigenvalue weighted by Gasteiger charge is -2.17. The third-order valence-corrected chi connectivity index (χ3v) is 10.1. The van der Waals surface area contributed by atoms with Gasteiger partial charge in [-0.15, -0.1) is 0 Å². The van der Waals surface area contributed by atoms with Crippen LogP contribution in [-0.2, 0) is 0 Å². The lowest BCUT2D eigenvalue weighted by Crippen LogP contribution is -1.90. The van der Waals surface area contributed by atoms with Crippen LogP contribution in [0.4, 0.5) is 0 Å². The Kier molecular flexibility index (Phi) is 5.97. The summed E-state index contributed by atoms with van der Waals surface area (Å²) in [5, 5.41) is 21.3. The maximum atomic E-state index is 10.2. The van der Waals surface area contributed by atoms with Crippen molar-refractivity contribution in [1.29, 1.82) is 5.26 Å². The van der Waals surface area contributed by atoms with E-state index in [0.717, 1.165) is 60.2 Å². The first-order chi connectivity index (χ1) is 24.3. The molecule has 0 amide bonds. The van der Waals surface area contributed by atoms with E-state index >= 15 is 0 Å². The molecule has 2 nitrogen and oxygen atoms in total. The number of benzene rings is 9. The Hall–Kier alpha value is -6.69. The fourth-order valence-corrected chi connectivity index (χ4v) is 8.00. The molecule has 10 aromatic rings. The highest BCUT2D eigenvalue weighted by atomic mass is 16.3. The Labute approximate surface area is 282 Å². The molecule has 0 fully saturated rings. The van der Waals surface area contributed by atoms with E-state index < -0.39 is 0 Å². The van der Waals surface area contributed by atoms with Gasteiger partial charge in [-0.2, -0.15) is 5.26 Å². The van der Waals surface area contributed by atoms with Gasteiger partial charge in [0.25, 0.3) is 0 Å². The van der Waals surface area contributed by atoms with Crippen molar-refractivity contribution in [2.24, 2.45) is 0 Å². The average molecular weight is 622 g/mol. The second-order valence-electron chi connectivity index (χ2n) is 12.7. The van der Waals surface area contributed by atoms with Gasteiger partial charge in [0.15, 0.2) is 0 Å². The number of hydrogen-bond donors (Lipinski definition) is 0. The molecule has 0 radical (unpaired) electrons. The molecule has 0 saturated heterocycles. The van der Waals surface area contributed by atoms with Gasteiger partial charge in [-0.05, 0) is 90.0 Å². The standard InChI is InChI=1S/C47H27NO/c48-28-42-32-14-4-6-16-35(32)46(36-17-7-5-15-33(36)42)30-23-25-43-41(26-30)34-24-22-31(27-44(34)49-43)47-39-20-10-8-18-37(39)45(29-12-2-1-3-13-29)38-19-9-11-21-40(38)47/h1-27H. The zero-order valence-corrected chi connectivity index (χ0v) is 26.4. The van der Waals surface area contributed by atoms with Gasteiger partial charge < -0.3 is 4.42 Å². The molecule has 0 aliphatic carbocycles. The second kappa shape index (κ2) is 10.7. The molecular weight excluding hydrogens is 595 g/mol. The van der Waals surface area contributed by atoms with Crippen molar-refractivity contribution < 1.29 is 4.42 Å². The molecule has 0 spiro atoms. The summed E-state index contributed by atoms with van der Waals surface area (Å²) in [6.07, 6.45) is 0. The van der Waals surface area contributed by atoms with Gasteiger partial charge in [0, 0.05) is 21.5 Å². The summed E-state index contributed by atoms with van der Waals surface area (Å²) in [7, 11) is 0. The third-order valence-electron chi connectivity index (χ3n) is 10.1. The maximum absolute atomic E-state index is 10.2. The summed E-state index contributed by atoms with van der Waals surface area (Å²) in [5.74, 6) is 0. The molecule has 0 unspecified atom stereocenters. The molecule has 0 aliphatic heterocycles. The third kappa shape index (κ3) is 4.07. The fourth-order valence-electron chi connectivity index (χ4n) is 8.00. The molecule has 49 heavy (non-hydrogen) atoms. The topological polar surface area (TPSA) is 36.9 Å². The number of hydrogen-bond acceptors (Lipinski definition) is 2. The van der Waals surface area contributed by atoms with E-state index in [4.69, 9.17) is 4.42 Å². The predicted octanol–water partition coefficient (Wildman–Crippen LogP) is 13.1. The highest BCUT2D eigenvalue weighted by molar-refractivity contribution is 6.22. The van der Waals surface area contributed by atoms with Gasteiger partial charge in [-0.25, -0.2) is 0 Å². The van der Waals surface area contributed by atoms with Crippen LogP contribution >= 0.6 is 0 Å². The van der Waals surface area contributed by atoms with Gasteiger partial charge in [0.05, 0.1) is 5.56 Å². The molecular formula is C47H27NO. The van der Waals surface area contributed by atoms with Crippen LogP contribution in [0.1, 0.15) is 5.56 Å². The van der Waals surface area contributed by atoms with E-state index in [1.54, 1.807) is 0 Å². The molecule has 1 aromatic heterocycles. The Balaban J connectivity index is 1.20. The molecule has 2 heteroatoms. The first-order valence-electron chi connectivity index (χ1n) is 16.6. The first kappa shape index (κ1) is 27.4. The van der Waals surface area contributed by atoms with Crippen LogP contribution < -0.4 is 0 Å². The predicted molar refractivity (Wildman–Crippen MR) is 205 cm³/mol. The van der Waals surface area contributed by atoms with E-state index in [9.17, 15) is 5.26 Å². The van der Waals surface area contributed by atoms with Crippen LogP contribution in [0.5, 0.6) is 0 Å². The summed E-state index contributed by atoms with van der Waals surface area (Å²) >= 11 is 0. The summed E-state index contributed by atoms with van der Waals surface area (Å²) < 4.78 is 6.59. The van der Waals surface area contributed by atoms with E-state index in [1.807, 2.05) is 12.1 Å². The molecule has 9 aromatic carbocycles. The largest absolute Gasteiger partial charge is 0.456 e. The van der Waals surface area contributed by atoms with Crippen molar-refractivity contribution in [1.82, 2.24) is 0 Å². The number of nitrogens with zero attached hydrogens (tertiary/aromatic N) is 1. The highest BCUT2D eigenvalue weighted by Gasteiger charge is 2.19. The minimum absolute atomic E-state index is 0.717. The maximum Gasteiger partial charge on any atom is 0.136 e. The van der Waals surface area contributed by atoms with Crippen LogP contribution in [0.15, 0.2) is 168 Å².